The fourth-order valence-corrected chi connectivity index (χ4v) is 5.76. The number of nitrogens with one attached hydrogen (secondary N) is 1. The van der Waals surface area contributed by atoms with Crippen LogP contribution in [-0.2, 0) is 14.3 Å². The van der Waals surface area contributed by atoms with Crippen molar-refractivity contribution in [2.24, 2.45) is 23.2 Å². The SMILES string of the molecule is O=C(COC(=O)CC12CC3CC(CC(C3)C1)C2)Nc1ccccc1F. The minimum absolute atomic E-state index is 0.102. The Labute approximate surface area is 147 Å². The van der Waals surface area contributed by atoms with Crippen LogP contribution in [-0.4, -0.2) is 18.5 Å². The van der Waals surface area contributed by atoms with Gasteiger partial charge in [-0.1, -0.05) is 12.1 Å². The van der Waals surface area contributed by atoms with Gasteiger partial charge in [-0.15, -0.1) is 0 Å². The van der Waals surface area contributed by atoms with Crippen molar-refractivity contribution in [2.75, 3.05) is 11.9 Å². The number of ether oxygens (including phenoxy) is 1. The van der Waals surface area contributed by atoms with Crippen molar-refractivity contribution in [1.82, 2.24) is 0 Å². The van der Waals surface area contributed by atoms with Crippen LogP contribution in [0.1, 0.15) is 44.9 Å². The van der Waals surface area contributed by atoms with Gasteiger partial charge in [0, 0.05) is 0 Å². The first-order valence-electron chi connectivity index (χ1n) is 9.21. The maximum atomic E-state index is 13.5. The van der Waals surface area contributed by atoms with Gasteiger partial charge in [-0.3, -0.25) is 9.59 Å². The molecule has 5 heteroatoms. The number of hydrogen-bond donors (Lipinski definition) is 1. The highest BCUT2D eigenvalue weighted by Gasteiger charge is 2.51. The molecular weight excluding hydrogens is 321 g/mol. The lowest BCUT2D eigenvalue weighted by atomic mass is 9.49. The normalized spacial score (nSPS) is 32.4. The molecule has 25 heavy (non-hydrogen) atoms. The summed E-state index contributed by atoms with van der Waals surface area (Å²) in [7, 11) is 0. The number of hydrogen-bond acceptors (Lipinski definition) is 3. The van der Waals surface area contributed by atoms with Crippen LogP contribution in [0.2, 0.25) is 0 Å². The molecule has 1 N–H and O–H groups in total. The van der Waals surface area contributed by atoms with Gasteiger partial charge in [-0.05, 0) is 73.8 Å². The Kier molecular flexibility index (Phi) is 4.26. The van der Waals surface area contributed by atoms with Crippen molar-refractivity contribution in [3.05, 3.63) is 30.1 Å². The zero-order chi connectivity index (χ0) is 17.4. The molecule has 0 heterocycles. The summed E-state index contributed by atoms with van der Waals surface area (Å²) in [6.07, 6.45) is 7.82. The van der Waals surface area contributed by atoms with Crippen molar-refractivity contribution >= 4 is 17.6 Å². The molecule has 4 bridgehead atoms. The Balaban J connectivity index is 1.28. The van der Waals surface area contributed by atoms with Crippen LogP contribution < -0.4 is 5.32 Å². The molecule has 0 saturated heterocycles. The number of halogens is 1. The summed E-state index contributed by atoms with van der Waals surface area (Å²) in [5, 5.41) is 2.43. The number of carbonyl (C=O) groups is 2. The predicted molar refractivity (Wildman–Crippen MR) is 91.2 cm³/mol. The molecule has 0 atom stereocenters. The number of amides is 1. The molecule has 1 amide bonds. The van der Waals surface area contributed by atoms with Crippen LogP contribution >= 0.6 is 0 Å². The number of anilines is 1. The van der Waals surface area contributed by atoms with Gasteiger partial charge in [0.15, 0.2) is 6.61 Å². The first-order chi connectivity index (χ1) is 12.0. The molecule has 0 radical (unpaired) electrons. The lowest BCUT2D eigenvalue weighted by Gasteiger charge is -2.56. The van der Waals surface area contributed by atoms with Crippen molar-refractivity contribution in [3.63, 3.8) is 0 Å². The third-order valence-electron chi connectivity index (χ3n) is 6.20. The molecule has 4 aliphatic carbocycles. The third-order valence-corrected chi connectivity index (χ3v) is 6.20. The van der Waals surface area contributed by atoms with Crippen molar-refractivity contribution < 1.29 is 18.7 Å². The van der Waals surface area contributed by atoms with Crippen LogP contribution in [0.4, 0.5) is 10.1 Å². The fraction of sp³-hybridized carbons (Fsp3) is 0.600. The molecule has 0 aromatic heterocycles. The molecule has 4 nitrogen and oxygen atoms in total. The van der Waals surface area contributed by atoms with E-state index >= 15 is 0 Å². The van der Waals surface area contributed by atoms with E-state index in [1.807, 2.05) is 0 Å². The van der Waals surface area contributed by atoms with E-state index in [-0.39, 0.29) is 23.7 Å². The number of rotatable bonds is 5. The van der Waals surface area contributed by atoms with E-state index in [9.17, 15) is 14.0 Å². The number of para-hydroxylation sites is 1. The highest BCUT2D eigenvalue weighted by molar-refractivity contribution is 5.92. The smallest absolute Gasteiger partial charge is 0.306 e. The van der Waals surface area contributed by atoms with Gasteiger partial charge in [0.2, 0.25) is 0 Å². The maximum absolute atomic E-state index is 13.5. The third kappa shape index (κ3) is 3.55. The van der Waals surface area contributed by atoms with Crippen molar-refractivity contribution in [1.29, 1.82) is 0 Å². The van der Waals surface area contributed by atoms with E-state index in [1.54, 1.807) is 12.1 Å². The van der Waals surface area contributed by atoms with E-state index in [4.69, 9.17) is 4.74 Å². The second kappa shape index (κ2) is 6.43. The van der Waals surface area contributed by atoms with Crippen LogP contribution in [0.15, 0.2) is 24.3 Å². The van der Waals surface area contributed by atoms with Crippen LogP contribution in [0.25, 0.3) is 0 Å². The molecule has 5 rings (SSSR count). The molecular formula is C20H24FNO3. The summed E-state index contributed by atoms with van der Waals surface area (Å²) < 4.78 is 18.7. The molecule has 4 aliphatic rings. The second-order valence-corrected chi connectivity index (χ2v) is 8.28. The zero-order valence-electron chi connectivity index (χ0n) is 14.3. The molecule has 0 spiro atoms. The van der Waals surface area contributed by atoms with Crippen molar-refractivity contribution in [3.8, 4) is 0 Å². The maximum Gasteiger partial charge on any atom is 0.306 e. The number of esters is 1. The summed E-state index contributed by atoms with van der Waals surface area (Å²) >= 11 is 0. The van der Waals surface area contributed by atoms with Gasteiger partial charge < -0.3 is 10.1 Å². The number of carbonyl (C=O) groups excluding carboxylic acids is 2. The van der Waals surface area contributed by atoms with Gasteiger partial charge in [0.25, 0.3) is 5.91 Å². The Morgan fingerprint density at radius 3 is 2.28 bits per heavy atom. The molecule has 0 unspecified atom stereocenters. The minimum Gasteiger partial charge on any atom is -0.456 e. The van der Waals surface area contributed by atoms with Crippen LogP contribution in [0.5, 0.6) is 0 Å². The Morgan fingerprint density at radius 1 is 1.08 bits per heavy atom. The molecule has 4 fully saturated rings. The quantitative estimate of drug-likeness (QED) is 0.823. The van der Waals surface area contributed by atoms with E-state index in [0.717, 1.165) is 37.0 Å². The van der Waals surface area contributed by atoms with Crippen LogP contribution in [0, 0.1) is 29.0 Å². The summed E-state index contributed by atoms with van der Waals surface area (Å²) in [5.74, 6) is 1.03. The first-order valence-corrected chi connectivity index (χ1v) is 9.21. The van der Waals surface area contributed by atoms with E-state index in [0.29, 0.717) is 6.42 Å². The summed E-state index contributed by atoms with van der Waals surface area (Å²) in [6, 6.07) is 5.94. The van der Waals surface area contributed by atoms with Gasteiger partial charge in [-0.2, -0.15) is 0 Å². The molecule has 0 aliphatic heterocycles. The average Bonchev–Trinajstić information content (AvgIpc) is 2.53. The Bertz CT molecular complexity index is 652. The highest BCUT2D eigenvalue weighted by atomic mass is 19.1. The lowest BCUT2D eigenvalue weighted by Crippen LogP contribution is -2.47. The molecule has 1 aromatic carbocycles. The van der Waals surface area contributed by atoms with E-state index in [2.05, 4.69) is 5.32 Å². The summed E-state index contributed by atoms with van der Waals surface area (Å²) in [5.41, 5.74) is 0.207. The van der Waals surface area contributed by atoms with Gasteiger partial charge in [0.1, 0.15) is 5.82 Å². The second-order valence-electron chi connectivity index (χ2n) is 8.28. The van der Waals surface area contributed by atoms with E-state index < -0.39 is 11.7 Å². The topological polar surface area (TPSA) is 55.4 Å². The average molecular weight is 345 g/mol. The number of benzene rings is 1. The van der Waals surface area contributed by atoms with Gasteiger partial charge in [-0.25, -0.2) is 4.39 Å². The molecule has 1 aromatic rings. The van der Waals surface area contributed by atoms with Gasteiger partial charge >= 0.3 is 5.97 Å². The zero-order valence-corrected chi connectivity index (χ0v) is 14.3. The summed E-state index contributed by atoms with van der Waals surface area (Å²) in [4.78, 5) is 24.2. The largest absolute Gasteiger partial charge is 0.456 e. The summed E-state index contributed by atoms with van der Waals surface area (Å²) in [6.45, 7) is -0.362. The monoisotopic (exact) mass is 345 g/mol. The van der Waals surface area contributed by atoms with Crippen LogP contribution in [0.3, 0.4) is 0 Å². The Hall–Kier alpha value is -1.91. The molecule has 4 saturated carbocycles. The standard InChI is InChI=1S/C20H24FNO3/c21-16-3-1-2-4-17(16)22-18(23)12-25-19(24)11-20-8-13-5-14(9-20)7-15(6-13)10-20/h1-4,13-15H,5-12H2,(H,22,23). The lowest BCUT2D eigenvalue weighted by molar-refractivity contribution is -0.154. The fourth-order valence-electron chi connectivity index (χ4n) is 5.76. The van der Waals surface area contributed by atoms with Crippen molar-refractivity contribution in [2.45, 2.75) is 44.9 Å². The predicted octanol–water partition coefficient (Wildman–Crippen LogP) is 3.91. The first kappa shape index (κ1) is 16.6. The minimum atomic E-state index is -0.510. The Morgan fingerprint density at radius 2 is 1.68 bits per heavy atom. The molecule has 134 valence electrons. The van der Waals surface area contributed by atoms with E-state index in [1.165, 1.54) is 31.4 Å². The van der Waals surface area contributed by atoms with Gasteiger partial charge in [0.05, 0.1) is 12.1 Å². The highest BCUT2D eigenvalue weighted by Crippen LogP contribution is 2.61.